The van der Waals surface area contributed by atoms with E-state index in [-0.39, 0.29) is 0 Å². The van der Waals surface area contributed by atoms with Crippen LogP contribution in [0.15, 0.2) is 30.6 Å². The van der Waals surface area contributed by atoms with Crippen LogP contribution in [0, 0.1) is 0 Å². The molecule has 4 nitrogen and oxygen atoms in total. The first kappa shape index (κ1) is 12.1. The van der Waals surface area contributed by atoms with Crippen LogP contribution in [0.4, 0.5) is 5.69 Å². The molecule has 1 heterocycles. The van der Waals surface area contributed by atoms with E-state index >= 15 is 0 Å². The fourth-order valence-corrected chi connectivity index (χ4v) is 2.65. The number of benzene rings is 1. The maximum Gasteiger partial charge on any atom is 0.115 e. The SMILES string of the molecule is CC(C)n1cc(NC2CCc3cc(O)ccc32)cn1. The Morgan fingerprint density at radius 2 is 2.26 bits per heavy atom. The lowest BCUT2D eigenvalue weighted by molar-refractivity contribution is 0.474. The van der Waals surface area contributed by atoms with Crippen LogP contribution in [0.5, 0.6) is 5.75 Å². The number of rotatable bonds is 3. The number of anilines is 1. The molecule has 0 saturated heterocycles. The average molecular weight is 257 g/mol. The molecule has 1 aliphatic carbocycles. The number of aryl methyl sites for hydroxylation is 1. The topological polar surface area (TPSA) is 50.1 Å². The number of fused-ring (bicyclic) bond motifs is 1. The van der Waals surface area contributed by atoms with Gasteiger partial charge in [0.1, 0.15) is 5.75 Å². The monoisotopic (exact) mass is 257 g/mol. The number of phenols is 1. The second-order valence-electron chi connectivity index (χ2n) is 5.42. The Labute approximate surface area is 113 Å². The molecular weight excluding hydrogens is 238 g/mol. The van der Waals surface area contributed by atoms with Gasteiger partial charge in [-0.3, -0.25) is 4.68 Å². The van der Waals surface area contributed by atoms with E-state index in [0.29, 0.717) is 17.8 Å². The lowest BCUT2D eigenvalue weighted by Crippen LogP contribution is -2.06. The highest BCUT2D eigenvalue weighted by molar-refractivity contribution is 5.47. The Kier molecular flexibility index (Phi) is 2.93. The summed E-state index contributed by atoms with van der Waals surface area (Å²) in [4.78, 5) is 0. The zero-order chi connectivity index (χ0) is 13.4. The van der Waals surface area contributed by atoms with E-state index < -0.39 is 0 Å². The highest BCUT2D eigenvalue weighted by Crippen LogP contribution is 2.35. The van der Waals surface area contributed by atoms with Crippen LogP contribution in [0.25, 0.3) is 0 Å². The number of hydrogen-bond acceptors (Lipinski definition) is 3. The molecule has 1 aromatic carbocycles. The van der Waals surface area contributed by atoms with E-state index in [2.05, 4.69) is 24.3 Å². The summed E-state index contributed by atoms with van der Waals surface area (Å²) in [6, 6.07) is 6.34. The van der Waals surface area contributed by atoms with E-state index in [1.165, 1.54) is 11.1 Å². The minimum absolute atomic E-state index is 0.320. The Bertz CT molecular complexity index is 589. The molecule has 1 atom stereocenters. The third-order valence-electron chi connectivity index (χ3n) is 3.68. The van der Waals surface area contributed by atoms with Crippen molar-refractivity contribution in [1.82, 2.24) is 9.78 Å². The molecule has 1 aliphatic rings. The Balaban J connectivity index is 1.78. The van der Waals surface area contributed by atoms with Crippen molar-refractivity contribution in [3.63, 3.8) is 0 Å². The summed E-state index contributed by atoms with van der Waals surface area (Å²) in [5.74, 6) is 0.354. The van der Waals surface area contributed by atoms with Crippen molar-refractivity contribution < 1.29 is 5.11 Å². The maximum absolute atomic E-state index is 9.50. The van der Waals surface area contributed by atoms with E-state index in [0.717, 1.165) is 18.5 Å². The summed E-state index contributed by atoms with van der Waals surface area (Å²) < 4.78 is 1.95. The Morgan fingerprint density at radius 1 is 1.42 bits per heavy atom. The fourth-order valence-electron chi connectivity index (χ4n) is 2.65. The molecule has 0 radical (unpaired) electrons. The van der Waals surface area contributed by atoms with Gasteiger partial charge in [-0.05, 0) is 49.9 Å². The first-order valence-electron chi connectivity index (χ1n) is 6.76. The number of aromatic hydroxyl groups is 1. The lowest BCUT2D eigenvalue weighted by Gasteiger charge is -2.14. The molecule has 2 N–H and O–H groups in total. The van der Waals surface area contributed by atoms with Crippen LogP contribution >= 0.6 is 0 Å². The van der Waals surface area contributed by atoms with Crippen LogP contribution < -0.4 is 5.32 Å². The summed E-state index contributed by atoms with van der Waals surface area (Å²) in [5.41, 5.74) is 3.59. The average Bonchev–Trinajstić information content (AvgIpc) is 2.97. The Morgan fingerprint density at radius 3 is 3.00 bits per heavy atom. The van der Waals surface area contributed by atoms with E-state index in [1.54, 1.807) is 6.07 Å². The molecule has 0 amide bonds. The van der Waals surface area contributed by atoms with Crippen molar-refractivity contribution in [3.05, 3.63) is 41.7 Å². The zero-order valence-electron chi connectivity index (χ0n) is 11.3. The summed E-state index contributed by atoms with van der Waals surface area (Å²) in [6.07, 6.45) is 5.99. The molecule has 0 fully saturated rings. The highest BCUT2D eigenvalue weighted by Gasteiger charge is 2.22. The third kappa shape index (κ3) is 2.30. The summed E-state index contributed by atoms with van der Waals surface area (Å²) in [5, 5.41) is 17.4. The minimum Gasteiger partial charge on any atom is -0.508 e. The smallest absolute Gasteiger partial charge is 0.115 e. The molecule has 2 aromatic rings. The van der Waals surface area contributed by atoms with Crippen molar-refractivity contribution in [2.24, 2.45) is 0 Å². The summed E-state index contributed by atoms with van der Waals surface area (Å²) in [6.45, 7) is 4.23. The minimum atomic E-state index is 0.320. The van der Waals surface area contributed by atoms with Gasteiger partial charge in [0, 0.05) is 12.2 Å². The Hall–Kier alpha value is -1.97. The molecular formula is C15H19N3O. The maximum atomic E-state index is 9.50. The van der Waals surface area contributed by atoms with Crippen molar-refractivity contribution in [2.45, 2.75) is 38.8 Å². The van der Waals surface area contributed by atoms with Gasteiger partial charge in [-0.1, -0.05) is 6.07 Å². The van der Waals surface area contributed by atoms with E-state index in [4.69, 9.17) is 0 Å². The molecule has 1 unspecified atom stereocenters. The van der Waals surface area contributed by atoms with Gasteiger partial charge in [-0.2, -0.15) is 5.10 Å². The van der Waals surface area contributed by atoms with Crippen LogP contribution in [0.2, 0.25) is 0 Å². The molecule has 0 saturated carbocycles. The molecule has 0 spiro atoms. The van der Waals surface area contributed by atoms with Crippen molar-refractivity contribution >= 4 is 5.69 Å². The molecule has 100 valence electrons. The predicted octanol–water partition coefficient (Wildman–Crippen LogP) is 3.27. The second-order valence-corrected chi connectivity index (χ2v) is 5.42. The van der Waals surface area contributed by atoms with Crippen LogP contribution in [-0.4, -0.2) is 14.9 Å². The van der Waals surface area contributed by atoms with Gasteiger partial charge in [-0.15, -0.1) is 0 Å². The number of aromatic nitrogens is 2. The van der Waals surface area contributed by atoms with Crippen LogP contribution in [-0.2, 0) is 6.42 Å². The lowest BCUT2D eigenvalue weighted by atomic mass is 10.1. The van der Waals surface area contributed by atoms with Crippen LogP contribution in [0.3, 0.4) is 0 Å². The zero-order valence-corrected chi connectivity index (χ0v) is 11.3. The molecule has 0 aliphatic heterocycles. The van der Waals surface area contributed by atoms with Crippen molar-refractivity contribution in [2.75, 3.05) is 5.32 Å². The number of nitrogens with one attached hydrogen (secondary N) is 1. The quantitative estimate of drug-likeness (QED) is 0.887. The van der Waals surface area contributed by atoms with Gasteiger partial charge in [0.2, 0.25) is 0 Å². The summed E-state index contributed by atoms with van der Waals surface area (Å²) in [7, 11) is 0. The molecule has 19 heavy (non-hydrogen) atoms. The van der Waals surface area contributed by atoms with Gasteiger partial charge < -0.3 is 10.4 Å². The number of phenolic OH excluding ortho intramolecular Hbond substituents is 1. The number of nitrogens with zero attached hydrogens (tertiary/aromatic N) is 2. The van der Waals surface area contributed by atoms with Gasteiger partial charge in [-0.25, -0.2) is 0 Å². The largest absolute Gasteiger partial charge is 0.508 e. The number of hydrogen-bond donors (Lipinski definition) is 2. The fraction of sp³-hybridized carbons (Fsp3) is 0.400. The summed E-state index contributed by atoms with van der Waals surface area (Å²) >= 11 is 0. The first-order valence-corrected chi connectivity index (χ1v) is 6.76. The molecule has 0 bridgehead atoms. The van der Waals surface area contributed by atoms with Gasteiger partial charge in [0.05, 0.1) is 17.9 Å². The van der Waals surface area contributed by atoms with Gasteiger partial charge in [0.15, 0.2) is 0 Å². The van der Waals surface area contributed by atoms with Crippen LogP contribution in [0.1, 0.15) is 43.5 Å². The van der Waals surface area contributed by atoms with E-state index in [9.17, 15) is 5.11 Å². The van der Waals surface area contributed by atoms with Crippen molar-refractivity contribution in [1.29, 1.82) is 0 Å². The van der Waals surface area contributed by atoms with Gasteiger partial charge in [0.25, 0.3) is 0 Å². The van der Waals surface area contributed by atoms with Crippen molar-refractivity contribution in [3.8, 4) is 5.75 Å². The normalized spacial score (nSPS) is 17.7. The first-order chi connectivity index (χ1) is 9.13. The van der Waals surface area contributed by atoms with Gasteiger partial charge >= 0.3 is 0 Å². The molecule has 4 heteroatoms. The molecule has 3 rings (SSSR count). The molecule has 1 aromatic heterocycles. The predicted molar refractivity (Wildman–Crippen MR) is 75.4 cm³/mol. The highest BCUT2D eigenvalue weighted by atomic mass is 16.3. The van der Waals surface area contributed by atoms with E-state index in [1.807, 2.05) is 29.2 Å². The standard InChI is InChI=1S/C15H19N3O/c1-10(2)18-9-12(8-16-18)17-15-6-3-11-7-13(19)4-5-14(11)15/h4-5,7-10,15,17,19H,3,6H2,1-2H3. The second kappa shape index (κ2) is 4.61. The third-order valence-corrected chi connectivity index (χ3v) is 3.68.